The SMILES string of the molecule is CC1CCN(Cc2ccno2)CC1CN. The first kappa shape index (κ1) is 10.6. The summed E-state index contributed by atoms with van der Waals surface area (Å²) in [6.07, 6.45) is 2.93. The number of aromatic nitrogens is 1. The van der Waals surface area contributed by atoms with E-state index in [1.165, 1.54) is 6.42 Å². The summed E-state index contributed by atoms with van der Waals surface area (Å²) in [5.41, 5.74) is 5.77. The van der Waals surface area contributed by atoms with E-state index in [2.05, 4.69) is 17.0 Å². The highest BCUT2D eigenvalue weighted by Gasteiger charge is 2.25. The molecule has 0 aromatic carbocycles. The topological polar surface area (TPSA) is 55.3 Å². The van der Waals surface area contributed by atoms with Crippen LogP contribution in [-0.2, 0) is 6.54 Å². The molecule has 0 aliphatic carbocycles. The normalized spacial score (nSPS) is 28.1. The molecule has 0 radical (unpaired) electrons. The van der Waals surface area contributed by atoms with E-state index in [4.69, 9.17) is 10.3 Å². The van der Waals surface area contributed by atoms with Crippen LogP contribution < -0.4 is 5.73 Å². The molecular weight excluding hydrogens is 190 g/mol. The van der Waals surface area contributed by atoms with E-state index in [0.717, 1.165) is 37.9 Å². The van der Waals surface area contributed by atoms with Gasteiger partial charge in [0.15, 0.2) is 5.76 Å². The maximum Gasteiger partial charge on any atom is 0.150 e. The van der Waals surface area contributed by atoms with Gasteiger partial charge in [0.1, 0.15) is 0 Å². The molecule has 4 heteroatoms. The Morgan fingerprint density at radius 3 is 3.20 bits per heavy atom. The maximum absolute atomic E-state index is 5.77. The van der Waals surface area contributed by atoms with Crippen molar-refractivity contribution in [3.63, 3.8) is 0 Å². The van der Waals surface area contributed by atoms with E-state index in [9.17, 15) is 0 Å². The Morgan fingerprint density at radius 2 is 2.53 bits per heavy atom. The molecule has 1 aliphatic heterocycles. The first-order chi connectivity index (χ1) is 7.29. The van der Waals surface area contributed by atoms with E-state index in [-0.39, 0.29) is 0 Å². The summed E-state index contributed by atoms with van der Waals surface area (Å²) in [5.74, 6) is 2.32. The summed E-state index contributed by atoms with van der Waals surface area (Å²) < 4.78 is 5.11. The quantitative estimate of drug-likeness (QED) is 0.809. The second kappa shape index (κ2) is 4.77. The Kier molecular flexibility index (Phi) is 3.38. The van der Waals surface area contributed by atoms with Crippen molar-refractivity contribution in [3.05, 3.63) is 18.0 Å². The highest BCUT2D eigenvalue weighted by molar-refractivity contribution is 4.93. The van der Waals surface area contributed by atoms with Gasteiger partial charge in [0.25, 0.3) is 0 Å². The Morgan fingerprint density at radius 1 is 1.67 bits per heavy atom. The fraction of sp³-hybridized carbons (Fsp3) is 0.727. The Balaban J connectivity index is 1.89. The van der Waals surface area contributed by atoms with Gasteiger partial charge in [0.2, 0.25) is 0 Å². The van der Waals surface area contributed by atoms with Crippen LogP contribution in [0.25, 0.3) is 0 Å². The van der Waals surface area contributed by atoms with Crippen molar-refractivity contribution in [2.45, 2.75) is 19.9 Å². The Hall–Kier alpha value is -0.870. The average molecular weight is 209 g/mol. The van der Waals surface area contributed by atoms with Gasteiger partial charge in [0, 0.05) is 12.6 Å². The second-order valence-electron chi connectivity index (χ2n) is 4.48. The predicted octanol–water partition coefficient (Wildman–Crippen LogP) is 1.09. The second-order valence-corrected chi connectivity index (χ2v) is 4.48. The summed E-state index contributed by atoms with van der Waals surface area (Å²) >= 11 is 0. The van der Waals surface area contributed by atoms with E-state index >= 15 is 0 Å². The zero-order valence-electron chi connectivity index (χ0n) is 9.22. The molecular formula is C11H19N3O. The van der Waals surface area contributed by atoms with Crippen molar-refractivity contribution >= 4 is 0 Å². The zero-order chi connectivity index (χ0) is 10.7. The van der Waals surface area contributed by atoms with Gasteiger partial charge in [-0.25, -0.2) is 0 Å². The summed E-state index contributed by atoms with van der Waals surface area (Å²) in [7, 11) is 0. The van der Waals surface area contributed by atoms with Crippen molar-refractivity contribution in [2.75, 3.05) is 19.6 Å². The molecule has 1 aromatic heterocycles. The molecule has 15 heavy (non-hydrogen) atoms. The van der Waals surface area contributed by atoms with Crippen LogP contribution in [0.3, 0.4) is 0 Å². The number of hydrogen-bond acceptors (Lipinski definition) is 4. The van der Waals surface area contributed by atoms with Gasteiger partial charge in [-0.15, -0.1) is 0 Å². The third-order valence-electron chi connectivity index (χ3n) is 3.37. The molecule has 0 amide bonds. The van der Waals surface area contributed by atoms with Crippen molar-refractivity contribution in [2.24, 2.45) is 17.6 Å². The van der Waals surface area contributed by atoms with Crippen molar-refractivity contribution in [1.29, 1.82) is 0 Å². The van der Waals surface area contributed by atoms with Crippen molar-refractivity contribution in [1.82, 2.24) is 10.1 Å². The lowest BCUT2D eigenvalue weighted by Gasteiger charge is -2.35. The largest absolute Gasteiger partial charge is 0.360 e. The number of hydrogen-bond donors (Lipinski definition) is 1. The molecule has 4 nitrogen and oxygen atoms in total. The van der Waals surface area contributed by atoms with Crippen LogP contribution in [0.4, 0.5) is 0 Å². The molecule has 1 saturated heterocycles. The molecule has 2 N–H and O–H groups in total. The summed E-state index contributed by atoms with van der Waals surface area (Å²) in [4.78, 5) is 2.40. The average Bonchev–Trinajstić information content (AvgIpc) is 2.73. The minimum Gasteiger partial charge on any atom is -0.360 e. The van der Waals surface area contributed by atoms with Crippen LogP contribution in [0.5, 0.6) is 0 Å². The Labute approximate surface area is 90.4 Å². The van der Waals surface area contributed by atoms with Crippen molar-refractivity contribution in [3.8, 4) is 0 Å². The van der Waals surface area contributed by atoms with Crippen LogP contribution in [0.15, 0.2) is 16.8 Å². The standard InChI is InChI=1S/C11H19N3O/c1-9-3-5-14(7-10(9)6-12)8-11-2-4-13-15-11/h2,4,9-10H,3,5-8,12H2,1H3. The van der Waals surface area contributed by atoms with Crippen LogP contribution in [0, 0.1) is 11.8 Å². The monoisotopic (exact) mass is 209 g/mol. The maximum atomic E-state index is 5.77. The van der Waals surface area contributed by atoms with E-state index < -0.39 is 0 Å². The lowest BCUT2D eigenvalue weighted by atomic mass is 9.87. The van der Waals surface area contributed by atoms with Crippen molar-refractivity contribution < 1.29 is 4.52 Å². The zero-order valence-corrected chi connectivity index (χ0v) is 9.22. The fourth-order valence-electron chi connectivity index (χ4n) is 2.22. The van der Waals surface area contributed by atoms with E-state index in [0.29, 0.717) is 5.92 Å². The van der Waals surface area contributed by atoms with Crippen LogP contribution in [0.2, 0.25) is 0 Å². The number of nitrogens with zero attached hydrogens (tertiary/aromatic N) is 2. The first-order valence-corrected chi connectivity index (χ1v) is 5.61. The number of piperidine rings is 1. The van der Waals surface area contributed by atoms with E-state index in [1.54, 1.807) is 6.20 Å². The molecule has 84 valence electrons. The molecule has 0 saturated carbocycles. The van der Waals surface area contributed by atoms with Gasteiger partial charge >= 0.3 is 0 Å². The molecule has 0 bridgehead atoms. The first-order valence-electron chi connectivity index (χ1n) is 5.61. The molecule has 0 spiro atoms. The summed E-state index contributed by atoms with van der Waals surface area (Å²) in [6, 6.07) is 1.93. The predicted molar refractivity (Wildman–Crippen MR) is 58.1 cm³/mol. The molecule has 2 unspecified atom stereocenters. The minimum absolute atomic E-state index is 0.627. The number of rotatable bonds is 3. The Bertz CT molecular complexity index is 286. The van der Waals surface area contributed by atoms with Gasteiger partial charge in [-0.2, -0.15) is 0 Å². The number of likely N-dealkylation sites (tertiary alicyclic amines) is 1. The highest BCUT2D eigenvalue weighted by atomic mass is 16.5. The van der Waals surface area contributed by atoms with Gasteiger partial charge in [-0.3, -0.25) is 4.90 Å². The molecule has 2 heterocycles. The third kappa shape index (κ3) is 2.58. The van der Waals surface area contributed by atoms with Gasteiger partial charge in [-0.1, -0.05) is 12.1 Å². The third-order valence-corrected chi connectivity index (χ3v) is 3.37. The molecule has 2 rings (SSSR count). The van der Waals surface area contributed by atoms with Crippen LogP contribution in [0.1, 0.15) is 19.1 Å². The van der Waals surface area contributed by atoms with Gasteiger partial charge in [-0.05, 0) is 31.3 Å². The lowest BCUT2D eigenvalue weighted by Crippen LogP contribution is -2.42. The summed E-state index contributed by atoms with van der Waals surface area (Å²) in [6.45, 7) is 6.16. The molecule has 1 fully saturated rings. The molecule has 1 aromatic rings. The molecule has 1 aliphatic rings. The highest BCUT2D eigenvalue weighted by Crippen LogP contribution is 2.23. The number of nitrogens with two attached hydrogens (primary N) is 1. The molecule has 2 atom stereocenters. The van der Waals surface area contributed by atoms with Gasteiger partial charge in [0.05, 0.1) is 12.7 Å². The summed E-state index contributed by atoms with van der Waals surface area (Å²) in [5, 5.41) is 3.72. The fourth-order valence-corrected chi connectivity index (χ4v) is 2.22. The smallest absolute Gasteiger partial charge is 0.150 e. The lowest BCUT2D eigenvalue weighted by molar-refractivity contribution is 0.116. The van der Waals surface area contributed by atoms with Gasteiger partial charge < -0.3 is 10.3 Å². The minimum atomic E-state index is 0.627. The van der Waals surface area contributed by atoms with E-state index in [1.807, 2.05) is 6.07 Å². The van der Waals surface area contributed by atoms with Crippen LogP contribution >= 0.6 is 0 Å². The van der Waals surface area contributed by atoms with Crippen LogP contribution in [-0.4, -0.2) is 29.7 Å².